The smallest absolute Gasteiger partial charge is 0.414 e. The molecular weight excluding hydrogens is 296 g/mol. The summed E-state index contributed by atoms with van der Waals surface area (Å²) in [5.41, 5.74) is 4.07. The van der Waals surface area contributed by atoms with E-state index in [-0.39, 0.29) is 6.54 Å². The Kier molecular flexibility index (Phi) is 2.71. The maximum Gasteiger partial charge on any atom is 0.414 e. The number of carbonyl (C=O) groups excluding carboxylic acids is 1. The standard InChI is InChI=1S/C16H12N4O3/c1-9-3-5-20-12(6-9)11(7-18-20)14-13-10(2-4-17-14)8-19(15(13)21)16(22)23/h2-7H,8H2,1H3,(H,22,23). The molecule has 0 aromatic carbocycles. The van der Waals surface area contributed by atoms with Crippen molar-refractivity contribution in [1.29, 1.82) is 0 Å². The lowest BCUT2D eigenvalue weighted by molar-refractivity contribution is 0.0764. The lowest BCUT2D eigenvalue weighted by Crippen LogP contribution is -2.29. The Morgan fingerprint density at radius 3 is 2.96 bits per heavy atom. The summed E-state index contributed by atoms with van der Waals surface area (Å²) < 4.78 is 1.71. The number of carboxylic acid groups (broad SMARTS) is 1. The molecule has 1 aliphatic heterocycles. The van der Waals surface area contributed by atoms with Crippen molar-refractivity contribution in [3.05, 3.63) is 53.5 Å². The second-order valence-corrected chi connectivity index (χ2v) is 5.46. The van der Waals surface area contributed by atoms with Crippen molar-refractivity contribution in [1.82, 2.24) is 19.5 Å². The molecule has 0 unspecified atom stereocenters. The highest BCUT2D eigenvalue weighted by Gasteiger charge is 2.35. The van der Waals surface area contributed by atoms with Gasteiger partial charge in [0, 0.05) is 18.0 Å². The van der Waals surface area contributed by atoms with Gasteiger partial charge in [-0.1, -0.05) is 0 Å². The summed E-state index contributed by atoms with van der Waals surface area (Å²) in [5, 5.41) is 13.4. The molecule has 1 N–H and O–H groups in total. The van der Waals surface area contributed by atoms with Gasteiger partial charge in [0.05, 0.1) is 29.5 Å². The molecule has 0 aliphatic carbocycles. The first-order chi connectivity index (χ1) is 11.1. The average Bonchev–Trinajstić information content (AvgIpc) is 3.08. The fraction of sp³-hybridized carbons (Fsp3) is 0.125. The van der Waals surface area contributed by atoms with Gasteiger partial charge in [0.1, 0.15) is 0 Å². The molecule has 23 heavy (non-hydrogen) atoms. The van der Waals surface area contributed by atoms with Crippen molar-refractivity contribution in [2.24, 2.45) is 0 Å². The van der Waals surface area contributed by atoms with E-state index >= 15 is 0 Å². The number of imide groups is 1. The number of pyridine rings is 2. The molecule has 7 nitrogen and oxygen atoms in total. The van der Waals surface area contributed by atoms with Crippen LogP contribution in [0.25, 0.3) is 16.8 Å². The molecule has 114 valence electrons. The minimum Gasteiger partial charge on any atom is -0.465 e. The molecule has 0 fully saturated rings. The molecule has 7 heteroatoms. The predicted molar refractivity (Wildman–Crippen MR) is 81.1 cm³/mol. The Morgan fingerprint density at radius 2 is 2.17 bits per heavy atom. The largest absolute Gasteiger partial charge is 0.465 e. The molecule has 0 saturated carbocycles. The zero-order valence-corrected chi connectivity index (χ0v) is 12.2. The quantitative estimate of drug-likeness (QED) is 0.745. The normalized spacial score (nSPS) is 13.6. The number of aromatic nitrogens is 3. The molecule has 1 aliphatic rings. The van der Waals surface area contributed by atoms with Crippen LogP contribution in [-0.2, 0) is 6.54 Å². The van der Waals surface area contributed by atoms with Gasteiger partial charge in [0.25, 0.3) is 5.91 Å². The number of carbonyl (C=O) groups is 2. The van der Waals surface area contributed by atoms with Crippen molar-refractivity contribution in [2.45, 2.75) is 13.5 Å². The Bertz CT molecular complexity index is 977. The maximum absolute atomic E-state index is 12.4. The third-order valence-electron chi connectivity index (χ3n) is 3.99. The van der Waals surface area contributed by atoms with Gasteiger partial charge in [-0.25, -0.2) is 14.2 Å². The van der Waals surface area contributed by atoms with Gasteiger partial charge in [-0.05, 0) is 36.2 Å². The summed E-state index contributed by atoms with van der Waals surface area (Å²) in [6, 6.07) is 5.57. The van der Waals surface area contributed by atoms with Crippen molar-refractivity contribution >= 4 is 17.5 Å². The second kappa shape index (κ2) is 4.64. The number of hydrogen-bond acceptors (Lipinski definition) is 4. The zero-order chi connectivity index (χ0) is 16.1. The van der Waals surface area contributed by atoms with Crippen LogP contribution in [-0.4, -0.2) is 36.6 Å². The van der Waals surface area contributed by atoms with E-state index in [4.69, 9.17) is 5.11 Å². The first-order valence-corrected chi connectivity index (χ1v) is 7.03. The number of aryl methyl sites for hydroxylation is 1. The van der Waals surface area contributed by atoms with Gasteiger partial charge in [0.15, 0.2) is 0 Å². The van der Waals surface area contributed by atoms with Crippen LogP contribution >= 0.6 is 0 Å². The lowest BCUT2D eigenvalue weighted by Gasteiger charge is -2.07. The van der Waals surface area contributed by atoms with E-state index < -0.39 is 12.0 Å². The van der Waals surface area contributed by atoms with E-state index in [2.05, 4.69) is 10.1 Å². The number of amides is 2. The first kappa shape index (κ1) is 13.4. The van der Waals surface area contributed by atoms with Crippen LogP contribution in [0.15, 0.2) is 36.8 Å². The number of nitrogens with zero attached hydrogens (tertiary/aromatic N) is 4. The Labute approximate surface area is 130 Å². The lowest BCUT2D eigenvalue weighted by atomic mass is 10.0. The van der Waals surface area contributed by atoms with Crippen LogP contribution in [0.5, 0.6) is 0 Å². The van der Waals surface area contributed by atoms with Crippen molar-refractivity contribution in [3.63, 3.8) is 0 Å². The van der Waals surface area contributed by atoms with Gasteiger partial charge >= 0.3 is 6.09 Å². The maximum atomic E-state index is 12.4. The van der Waals surface area contributed by atoms with Crippen LogP contribution in [0.1, 0.15) is 21.5 Å². The topological polar surface area (TPSA) is 87.8 Å². The summed E-state index contributed by atoms with van der Waals surface area (Å²) in [6.07, 6.45) is 3.82. The Hall–Kier alpha value is -3.22. The predicted octanol–water partition coefficient (Wildman–Crippen LogP) is 2.34. The van der Waals surface area contributed by atoms with Crippen LogP contribution in [0, 0.1) is 6.92 Å². The number of fused-ring (bicyclic) bond motifs is 2. The van der Waals surface area contributed by atoms with E-state index in [1.54, 1.807) is 23.0 Å². The molecule has 0 spiro atoms. The monoisotopic (exact) mass is 308 g/mol. The summed E-state index contributed by atoms with van der Waals surface area (Å²) in [4.78, 5) is 28.8. The Morgan fingerprint density at radius 1 is 1.35 bits per heavy atom. The molecule has 4 rings (SSSR count). The van der Waals surface area contributed by atoms with E-state index in [0.29, 0.717) is 22.4 Å². The molecule has 3 aromatic rings. The molecule has 0 radical (unpaired) electrons. The second-order valence-electron chi connectivity index (χ2n) is 5.46. The van der Waals surface area contributed by atoms with Crippen LogP contribution < -0.4 is 0 Å². The number of rotatable bonds is 1. The average molecular weight is 308 g/mol. The third kappa shape index (κ3) is 1.90. The summed E-state index contributed by atoms with van der Waals surface area (Å²) in [6.45, 7) is 2.02. The fourth-order valence-corrected chi connectivity index (χ4v) is 2.88. The Balaban J connectivity index is 1.95. The third-order valence-corrected chi connectivity index (χ3v) is 3.99. The summed E-state index contributed by atoms with van der Waals surface area (Å²) in [5.74, 6) is -0.539. The highest BCUT2D eigenvalue weighted by Crippen LogP contribution is 2.33. The minimum atomic E-state index is -1.26. The van der Waals surface area contributed by atoms with Gasteiger partial charge < -0.3 is 5.11 Å². The zero-order valence-electron chi connectivity index (χ0n) is 12.2. The van der Waals surface area contributed by atoms with Gasteiger partial charge in [-0.2, -0.15) is 5.10 Å². The fourth-order valence-electron chi connectivity index (χ4n) is 2.88. The van der Waals surface area contributed by atoms with Crippen LogP contribution in [0.4, 0.5) is 4.79 Å². The van der Waals surface area contributed by atoms with E-state index in [0.717, 1.165) is 16.0 Å². The van der Waals surface area contributed by atoms with Crippen molar-refractivity contribution in [2.75, 3.05) is 0 Å². The van der Waals surface area contributed by atoms with Gasteiger partial charge in [0.2, 0.25) is 0 Å². The molecule has 2 amide bonds. The summed E-state index contributed by atoms with van der Waals surface area (Å²) >= 11 is 0. The highest BCUT2D eigenvalue weighted by atomic mass is 16.4. The first-order valence-electron chi connectivity index (χ1n) is 7.03. The number of hydrogen-bond donors (Lipinski definition) is 1. The van der Waals surface area contributed by atoms with Gasteiger partial charge in [-0.3, -0.25) is 9.78 Å². The molecule has 4 heterocycles. The van der Waals surface area contributed by atoms with Gasteiger partial charge in [-0.15, -0.1) is 0 Å². The SMILES string of the molecule is Cc1ccn2ncc(-c3nccc4c3C(=O)N(C(=O)O)C4)c2c1. The van der Waals surface area contributed by atoms with E-state index in [1.807, 2.05) is 25.3 Å². The van der Waals surface area contributed by atoms with Crippen molar-refractivity contribution < 1.29 is 14.7 Å². The van der Waals surface area contributed by atoms with E-state index in [1.165, 1.54) is 0 Å². The minimum absolute atomic E-state index is 0.0528. The van der Waals surface area contributed by atoms with Crippen molar-refractivity contribution in [3.8, 4) is 11.3 Å². The molecule has 0 saturated heterocycles. The summed E-state index contributed by atoms with van der Waals surface area (Å²) in [7, 11) is 0. The molecule has 3 aromatic heterocycles. The molecule has 0 atom stereocenters. The molecular formula is C16H12N4O3. The van der Waals surface area contributed by atoms with Crippen LogP contribution in [0.3, 0.4) is 0 Å². The molecule has 0 bridgehead atoms. The van der Waals surface area contributed by atoms with Crippen LogP contribution in [0.2, 0.25) is 0 Å². The van der Waals surface area contributed by atoms with E-state index in [9.17, 15) is 9.59 Å². The highest BCUT2D eigenvalue weighted by molar-refractivity contribution is 6.10.